The van der Waals surface area contributed by atoms with Crippen molar-refractivity contribution in [1.82, 2.24) is 0 Å². The number of hydrogen-bond donors (Lipinski definition) is 0. The van der Waals surface area contributed by atoms with E-state index >= 15 is 0 Å². The zero-order chi connectivity index (χ0) is 29.2. The zero-order valence-corrected chi connectivity index (χ0v) is 30.3. The van der Waals surface area contributed by atoms with E-state index in [1.165, 1.54) is 0 Å². The van der Waals surface area contributed by atoms with Crippen LogP contribution < -0.4 is 0 Å². The molecule has 0 aliphatic rings. The van der Waals surface area contributed by atoms with Crippen LogP contribution in [0.1, 0.15) is 0 Å². The maximum absolute atomic E-state index is 8.01. The minimum Gasteiger partial charge on any atom is -0.826 e. The van der Waals surface area contributed by atoms with E-state index in [-0.39, 0.29) is 79.4 Å². The Morgan fingerprint density at radius 1 is 0.436 bits per heavy atom. The molecule has 1 aromatic carbocycles. The van der Waals surface area contributed by atoms with Crippen molar-refractivity contribution in [2.24, 2.45) is 0 Å². The fourth-order valence-corrected chi connectivity index (χ4v) is 2.80. The Labute approximate surface area is 324 Å². The number of allylic oxidation sites excluding steroid dienone is 2. The number of nitrogens with zero attached hydrogens (tertiary/aromatic N) is 6. The summed E-state index contributed by atoms with van der Waals surface area (Å²) in [4.78, 5) is 13.3. The fourth-order valence-electron chi connectivity index (χ4n) is 0.912. The van der Waals surface area contributed by atoms with E-state index in [1.54, 1.807) is 12.1 Å². The van der Waals surface area contributed by atoms with Gasteiger partial charge in [-0.3, -0.25) is 19.4 Å². The van der Waals surface area contributed by atoms with Gasteiger partial charge in [-0.15, -0.1) is 9.81 Å². The number of benzene rings is 1. The van der Waals surface area contributed by atoms with Crippen LogP contribution in [0.5, 0.6) is 0 Å². The van der Waals surface area contributed by atoms with Crippen molar-refractivity contribution in [1.29, 1.82) is 10.5 Å². The monoisotopic (exact) mass is 857 g/mol. The molecule has 0 saturated carbocycles. The van der Waals surface area contributed by atoms with Crippen molar-refractivity contribution in [3.05, 3.63) is 75.6 Å². The molecule has 6 nitrogen and oxygen atoms in total. The van der Waals surface area contributed by atoms with Gasteiger partial charge in [0.05, 0.1) is 38.4 Å². The second-order valence-electron chi connectivity index (χ2n) is 4.52. The Kier molecular flexibility index (Phi) is 38.1. The summed E-state index contributed by atoms with van der Waals surface area (Å²) in [6.07, 6.45) is 0. The summed E-state index contributed by atoms with van der Waals surface area (Å²) in [5, 5.41) is 15.6. The van der Waals surface area contributed by atoms with Gasteiger partial charge in [-0.2, -0.15) is 10.5 Å². The van der Waals surface area contributed by atoms with Gasteiger partial charge in [0.2, 0.25) is 0 Å². The molecule has 0 aromatic heterocycles. The predicted molar refractivity (Wildman–Crippen MR) is 163 cm³/mol. The van der Waals surface area contributed by atoms with Gasteiger partial charge in [0.25, 0.3) is 0 Å². The van der Waals surface area contributed by atoms with Crippen molar-refractivity contribution in [3.63, 3.8) is 0 Å². The van der Waals surface area contributed by atoms with E-state index in [0.29, 0.717) is 29.4 Å². The van der Waals surface area contributed by atoms with Gasteiger partial charge in [-0.25, -0.2) is 29.4 Å². The van der Waals surface area contributed by atoms with Crippen molar-refractivity contribution < 1.29 is 49.5 Å². The summed E-state index contributed by atoms with van der Waals surface area (Å²) in [5.41, 5.74) is 0. The van der Waals surface area contributed by atoms with Gasteiger partial charge >= 0.3 is 0 Å². The molecule has 0 bridgehead atoms. The molecule has 0 saturated heterocycles. The minimum atomic E-state index is -0.123. The summed E-state index contributed by atoms with van der Waals surface area (Å²) < 4.78 is 0. The van der Waals surface area contributed by atoms with Gasteiger partial charge in [-0.05, 0) is 0 Å². The van der Waals surface area contributed by atoms with E-state index < -0.39 is 0 Å². The van der Waals surface area contributed by atoms with Crippen LogP contribution >= 0.6 is 0 Å². The second-order valence-corrected chi connectivity index (χ2v) is 9.34. The standard InChI is InChI=1S/C6H6S6.3C4H2N2S2.3Ni/c7-1-2(8)4(10)6(12)5(11)3(1)9;1-5-3(7)4(8)6-2;2*1-6-4(8)3(7)2-5;;;/h7-12H;3*7-8H;;;/p-12/b;3*4-3-;;;. The summed E-state index contributed by atoms with van der Waals surface area (Å²) in [6.45, 7) is 25.2. The molecule has 0 N–H and O–H groups in total. The van der Waals surface area contributed by atoms with Gasteiger partial charge in [-0.1, -0.05) is 0 Å². The van der Waals surface area contributed by atoms with Crippen molar-refractivity contribution >= 4 is 152 Å². The van der Waals surface area contributed by atoms with Crippen molar-refractivity contribution in [2.75, 3.05) is 0 Å². The maximum atomic E-state index is 8.01. The van der Waals surface area contributed by atoms with E-state index in [0.717, 1.165) is 0 Å². The van der Waals surface area contributed by atoms with Crippen LogP contribution in [0.3, 0.4) is 0 Å². The van der Waals surface area contributed by atoms with Crippen LogP contribution in [0.15, 0.2) is 59.3 Å². The maximum Gasteiger partial charge on any atom is 0.0897 e. The quantitative estimate of drug-likeness (QED) is 0.166. The Hall–Kier alpha value is -0.499. The van der Waals surface area contributed by atoms with E-state index in [9.17, 15) is 0 Å². The van der Waals surface area contributed by atoms with E-state index in [4.69, 9.17) is 113 Å². The van der Waals surface area contributed by atoms with E-state index in [2.05, 4.69) is 95.2 Å². The van der Waals surface area contributed by atoms with E-state index in [1.807, 2.05) is 0 Å². The smallest absolute Gasteiger partial charge is 0.0897 e. The Bertz CT molecular complexity index is 1060. The summed E-state index contributed by atoms with van der Waals surface area (Å²) in [5.74, 6) is 0. The first-order valence-electron chi connectivity index (χ1n) is 7.44. The predicted octanol–water partition coefficient (Wildman–Crippen LogP) is 3.54. The third-order valence-corrected chi connectivity index (χ3v) is 7.76. The van der Waals surface area contributed by atoms with Gasteiger partial charge in [0.1, 0.15) is 0 Å². The molecule has 0 fully saturated rings. The molecule has 0 aliphatic heterocycles. The van der Waals surface area contributed by atoms with Gasteiger partial charge < -0.3 is 152 Å². The Balaban J connectivity index is -0.0000000926. The van der Waals surface area contributed by atoms with Crippen molar-refractivity contribution in [2.45, 2.75) is 29.4 Å². The molecule has 21 heteroatoms. The normalized spacial score (nSPS) is 9.69. The SMILES string of the molecule is [C-]#[N+]/C([S-])=C(/[S-])C#N.[C-]#[N+]/C([S-])=C(/[S-])C#N.[C-]#[N+]/C([S-])=C(/[S-])[N+]#[C-].[Ni].[Ni].[Ni].[S-]c1c([S-])c([S-])c([S-])c([S-])c1[S-]. The third-order valence-electron chi connectivity index (χ3n) is 2.42. The number of hydrogen-bond acceptors (Lipinski definition) is 14. The molecule has 0 spiro atoms. The molecule has 1 rings (SSSR count). The van der Waals surface area contributed by atoms with Gasteiger partial charge in [0, 0.05) is 69.6 Å². The first-order valence-corrected chi connectivity index (χ1v) is 12.3. The van der Waals surface area contributed by atoms with Gasteiger partial charge in [0.15, 0.2) is 0 Å². The molecule has 0 amide bonds. The first-order chi connectivity index (χ1) is 16.6. The molecular formula is C18N6Ni3S12-12. The molecule has 0 unspecified atom stereocenters. The molecule has 0 atom stereocenters. The van der Waals surface area contributed by atoms with Crippen molar-refractivity contribution in [3.8, 4) is 12.1 Å². The molecule has 0 heterocycles. The fraction of sp³-hybridized carbons (Fsp3) is 0. The Morgan fingerprint density at radius 2 is 0.590 bits per heavy atom. The van der Waals surface area contributed by atoms with Crippen LogP contribution in [0, 0.1) is 49.0 Å². The third kappa shape index (κ3) is 20.9. The minimum absolute atomic E-state index is 0. The Morgan fingerprint density at radius 3 is 0.667 bits per heavy atom. The summed E-state index contributed by atoms with van der Waals surface area (Å²) in [6, 6.07) is 3.18. The average molecular weight is 861 g/mol. The number of rotatable bonds is 0. The molecular weight excluding hydrogens is 861 g/mol. The number of nitriles is 2. The summed E-state index contributed by atoms with van der Waals surface area (Å²) in [7, 11) is 0. The molecule has 216 valence electrons. The zero-order valence-electron chi connectivity index (χ0n) is 17.5. The van der Waals surface area contributed by atoms with Crippen LogP contribution in [0.25, 0.3) is 19.4 Å². The second kappa shape index (κ2) is 29.0. The average Bonchev–Trinajstić information content (AvgIpc) is 2.91. The summed E-state index contributed by atoms with van der Waals surface area (Å²) >= 11 is 55.8. The topological polar surface area (TPSA) is 65.0 Å². The van der Waals surface area contributed by atoms with Crippen LogP contribution in [-0.4, -0.2) is 0 Å². The van der Waals surface area contributed by atoms with Crippen LogP contribution in [0.4, 0.5) is 0 Å². The van der Waals surface area contributed by atoms with Crippen LogP contribution in [0.2, 0.25) is 0 Å². The van der Waals surface area contributed by atoms with Crippen LogP contribution in [-0.2, 0) is 201 Å². The largest absolute Gasteiger partial charge is 0.826 e. The molecule has 0 aliphatic carbocycles. The first kappa shape index (κ1) is 51.3. The molecule has 0 radical (unpaired) electrons. The molecule has 39 heavy (non-hydrogen) atoms. The molecule has 1 aromatic rings.